The van der Waals surface area contributed by atoms with Gasteiger partial charge < -0.3 is 20.1 Å². The van der Waals surface area contributed by atoms with E-state index < -0.39 is 33.7 Å². The molecule has 8 heteroatoms. The van der Waals surface area contributed by atoms with Gasteiger partial charge in [0.05, 0.1) is 0 Å². The van der Waals surface area contributed by atoms with Gasteiger partial charge in [0.15, 0.2) is 0 Å². The number of rotatable bonds is 5. The fraction of sp³-hybridized carbons (Fsp3) is 0.615. The van der Waals surface area contributed by atoms with Crippen molar-refractivity contribution in [2.24, 2.45) is 0 Å². The summed E-state index contributed by atoms with van der Waals surface area (Å²) in [5, 5.41) is 4.65. The van der Waals surface area contributed by atoms with E-state index >= 15 is 0 Å². The first-order valence-corrected chi connectivity index (χ1v) is 7.36. The fourth-order valence-electron chi connectivity index (χ4n) is 1.06. The second-order valence-electron chi connectivity index (χ2n) is 5.06. The second-order valence-corrected chi connectivity index (χ2v) is 6.20. The van der Waals surface area contributed by atoms with Crippen molar-refractivity contribution in [3.05, 3.63) is 0 Å². The summed E-state index contributed by atoms with van der Waals surface area (Å²) in [5.74, 6) is 1.02. The van der Waals surface area contributed by atoms with Gasteiger partial charge in [0.2, 0.25) is 10.0 Å². The number of carbonyl (C=O) groups excluding carboxylic acids is 3. The van der Waals surface area contributed by atoms with Gasteiger partial charge in [-0.1, -0.05) is 5.92 Å². The molecule has 0 saturated carbocycles. The Morgan fingerprint density at radius 2 is 1.90 bits per heavy atom. The lowest BCUT2D eigenvalue weighted by atomic mass is 10.2. The Balaban J connectivity index is 4.12. The van der Waals surface area contributed by atoms with Gasteiger partial charge in [-0.3, -0.25) is 4.79 Å². The number of alkyl halides is 1. The third-order valence-corrected chi connectivity index (χ3v) is 2.49. The zero-order chi connectivity index (χ0) is 16.6. The molecule has 0 radical (unpaired) electrons. The average molecular weight is 410 g/mol. The van der Waals surface area contributed by atoms with Crippen LogP contribution in [0.2, 0.25) is 0 Å². The lowest BCUT2D eigenvalue weighted by Crippen LogP contribution is -2.45. The van der Waals surface area contributed by atoms with Gasteiger partial charge in [-0.25, -0.2) is 9.59 Å². The highest BCUT2D eigenvalue weighted by Crippen LogP contribution is 2.06. The molecule has 7 nitrogen and oxygen atoms in total. The number of amides is 2. The van der Waals surface area contributed by atoms with Crippen LogP contribution in [0.25, 0.3) is 0 Å². The smallest absolute Gasteiger partial charge is 0.408 e. The number of hydrogen-bond donors (Lipinski definition) is 2. The molecule has 2 atom stereocenters. The quantitative estimate of drug-likeness (QED) is 0.305. The molecule has 0 aliphatic heterocycles. The first kappa shape index (κ1) is 19.5. The molecule has 118 valence electrons. The van der Waals surface area contributed by atoms with Crippen molar-refractivity contribution < 1.29 is 23.9 Å². The summed E-state index contributed by atoms with van der Waals surface area (Å²) in [6, 6.07) is -0.872. The molecule has 0 aliphatic rings. The number of nitrogens with one attached hydrogen (secondary N) is 2. The Hall–Kier alpha value is -1.50. The van der Waals surface area contributed by atoms with Gasteiger partial charge in [-0.2, -0.15) is 0 Å². The van der Waals surface area contributed by atoms with Gasteiger partial charge in [-0.05, 0) is 50.3 Å². The standard InChI is InChI=1S/C13H19IN2O5/c1-6-9(14)20-11(18)8(2)16-10(17)7-15-12(19)21-13(3,4)5/h1,8-9H,7H2,2-5H3,(H,15,19)(H,16,17)/t8-,9?/m0/s1. The number of hydrogen-bond acceptors (Lipinski definition) is 5. The molecule has 21 heavy (non-hydrogen) atoms. The Bertz CT molecular complexity index is 439. The lowest BCUT2D eigenvalue weighted by molar-refractivity contribution is -0.146. The van der Waals surface area contributed by atoms with Crippen molar-refractivity contribution in [2.75, 3.05) is 6.54 Å². The highest BCUT2D eigenvalue weighted by molar-refractivity contribution is 14.1. The van der Waals surface area contributed by atoms with Gasteiger partial charge in [0.25, 0.3) is 0 Å². The zero-order valence-corrected chi connectivity index (χ0v) is 14.5. The molecule has 0 heterocycles. The Morgan fingerprint density at radius 3 is 2.38 bits per heavy atom. The number of esters is 1. The van der Waals surface area contributed by atoms with Gasteiger partial charge in [0.1, 0.15) is 18.2 Å². The van der Waals surface area contributed by atoms with Crippen LogP contribution in [0.4, 0.5) is 4.79 Å². The average Bonchev–Trinajstić information content (AvgIpc) is 2.33. The van der Waals surface area contributed by atoms with E-state index in [1.165, 1.54) is 6.92 Å². The summed E-state index contributed by atoms with van der Waals surface area (Å²) in [7, 11) is 0. The van der Waals surface area contributed by atoms with Crippen molar-refractivity contribution in [3.8, 4) is 12.3 Å². The Morgan fingerprint density at radius 1 is 1.33 bits per heavy atom. The maximum absolute atomic E-state index is 11.6. The van der Waals surface area contributed by atoms with Crippen molar-refractivity contribution in [2.45, 2.75) is 43.4 Å². The van der Waals surface area contributed by atoms with Crippen LogP contribution in [-0.2, 0) is 19.1 Å². The molecule has 0 aromatic heterocycles. The molecular weight excluding hydrogens is 391 g/mol. The van der Waals surface area contributed by atoms with E-state index in [1.807, 2.05) is 0 Å². The van der Waals surface area contributed by atoms with E-state index in [1.54, 1.807) is 43.4 Å². The number of terminal acetylenes is 1. The maximum atomic E-state index is 11.6. The molecule has 0 saturated heterocycles. The Labute approximate surface area is 137 Å². The molecule has 0 bridgehead atoms. The third-order valence-electron chi connectivity index (χ3n) is 1.87. The van der Waals surface area contributed by atoms with Crippen LogP contribution in [0.3, 0.4) is 0 Å². The molecule has 0 rings (SSSR count). The highest BCUT2D eigenvalue weighted by atomic mass is 127. The van der Waals surface area contributed by atoms with Crippen LogP contribution >= 0.6 is 22.6 Å². The van der Waals surface area contributed by atoms with Gasteiger partial charge in [0, 0.05) is 0 Å². The normalized spacial score (nSPS) is 13.3. The van der Waals surface area contributed by atoms with E-state index in [0.717, 1.165) is 0 Å². The zero-order valence-electron chi connectivity index (χ0n) is 12.4. The molecule has 2 amide bonds. The summed E-state index contributed by atoms with van der Waals surface area (Å²) < 4.78 is 9.10. The minimum atomic E-state index is -0.872. The predicted octanol–water partition coefficient (Wildman–Crippen LogP) is 0.953. The second kappa shape index (κ2) is 8.71. The number of ether oxygens (including phenoxy) is 2. The Kier molecular flexibility index (Phi) is 8.09. The van der Waals surface area contributed by atoms with Crippen molar-refractivity contribution in [1.82, 2.24) is 10.6 Å². The summed E-state index contributed by atoms with van der Waals surface area (Å²) in [6.07, 6.45) is 4.35. The SMILES string of the molecule is C#CC(I)OC(=O)[C@H](C)NC(=O)CNC(=O)OC(C)(C)C. The first-order chi connectivity index (χ1) is 9.55. The molecule has 0 fully saturated rings. The monoisotopic (exact) mass is 410 g/mol. The highest BCUT2D eigenvalue weighted by Gasteiger charge is 2.20. The van der Waals surface area contributed by atoms with Crippen LogP contribution in [0.1, 0.15) is 27.7 Å². The van der Waals surface area contributed by atoms with Crippen LogP contribution in [-0.4, -0.2) is 40.3 Å². The largest absolute Gasteiger partial charge is 0.444 e. The molecule has 2 N–H and O–H groups in total. The van der Waals surface area contributed by atoms with Gasteiger partial charge >= 0.3 is 12.1 Å². The molecule has 0 spiro atoms. The van der Waals surface area contributed by atoms with Crippen molar-refractivity contribution >= 4 is 40.6 Å². The number of alkyl carbamates (subject to hydrolysis) is 1. The van der Waals surface area contributed by atoms with E-state index in [-0.39, 0.29) is 6.54 Å². The van der Waals surface area contributed by atoms with Crippen LogP contribution in [0.15, 0.2) is 0 Å². The molecule has 0 aromatic rings. The fourth-order valence-corrected chi connectivity index (χ4v) is 1.31. The van der Waals surface area contributed by atoms with Crippen molar-refractivity contribution in [3.63, 3.8) is 0 Å². The lowest BCUT2D eigenvalue weighted by Gasteiger charge is -2.20. The minimum absolute atomic E-state index is 0.310. The van der Waals surface area contributed by atoms with E-state index in [0.29, 0.717) is 0 Å². The summed E-state index contributed by atoms with van der Waals surface area (Å²) in [6.45, 7) is 6.26. The predicted molar refractivity (Wildman–Crippen MR) is 84.6 cm³/mol. The first-order valence-electron chi connectivity index (χ1n) is 6.12. The molecular formula is C13H19IN2O5. The molecule has 1 unspecified atom stereocenters. The minimum Gasteiger partial charge on any atom is -0.444 e. The topological polar surface area (TPSA) is 93.7 Å². The summed E-state index contributed by atoms with van der Waals surface area (Å²) >= 11 is 1.76. The summed E-state index contributed by atoms with van der Waals surface area (Å²) in [4.78, 5) is 34.4. The number of carbonyl (C=O) groups is 3. The van der Waals surface area contributed by atoms with E-state index in [4.69, 9.17) is 15.9 Å². The molecule has 0 aliphatic carbocycles. The third kappa shape index (κ3) is 9.95. The maximum Gasteiger partial charge on any atom is 0.408 e. The summed E-state index contributed by atoms with van der Waals surface area (Å²) in [5.41, 5.74) is -0.651. The molecule has 0 aromatic carbocycles. The van der Waals surface area contributed by atoms with Gasteiger partial charge in [-0.15, -0.1) is 6.42 Å². The van der Waals surface area contributed by atoms with Crippen LogP contribution in [0, 0.1) is 12.3 Å². The van der Waals surface area contributed by atoms with Crippen molar-refractivity contribution in [1.29, 1.82) is 0 Å². The van der Waals surface area contributed by atoms with Crippen LogP contribution < -0.4 is 10.6 Å². The number of halogens is 1. The van der Waals surface area contributed by atoms with E-state index in [9.17, 15) is 14.4 Å². The van der Waals surface area contributed by atoms with E-state index in [2.05, 4.69) is 16.6 Å². The van der Waals surface area contributed by atoms with Crippen LogP contribution in [0.5, 0.6) is 0 Å².